The molecule has 0 aliphatic heterocycles. The third-order valence-electron chi connectivity index (χ3n) is 5.62. The summed E-state index contributed by atoms with van der Waals surface area (Å²) in [6.45, 7) is 6.48. The molecule has 0 spiro atoms. The Labute approximate surface area is 163 Å². The Kier molecular flexibility index (Phi) is 7.28. The number of ether oxygens (including phenoxy) is 1. The van der Waals surface area contributed by atoms with E-state index in [4.69, 9.17) is 4.74 Å². The Morgan fingerprint density at radius 3 is 2.37 bits per heavy atom. The van der Waals surface area contributed by atoms with E-state index in [9.17, 15) is 13.2 Å². The number of nitrogens with zero attached hydrogens (tertiary/aromatic N) is 2. The van der Waals surface area contributed by atoms with Crippen molar-refractivity contribution in [3.05, 3.63) is 23.8 Å². The maximum absolute atomic E-state index is 13.1. The molecule has 0 radical (unpaired) electrons. The molecule has 6 nitrogen and oxygen atoms in total. The molecule has 2 atom stereocenters. The van der Waals surface area contributed by atoms with Gasteiger partial charge in [-0.05, 0) is 37.0 Å². The summed E-state index contributed by atoms with van der Waals surface area (Å²) in [6.07, 6.45) is 4.43. The predicted octanol–water partition coefficient (Wildman–Crippen LogP) is 3.38. The molecule has 1 amide bonds. The third kappa shape index (κ3) is 4.46. The normalized spacial score (nSPS) is 20.5. The minimum absolute atomic E-state index is 0.0460. The Morgan fingerprint density at radius 2 is 1.81 bits per heavy atom. The van der Waals surface area contributed by atoms with Gasteiger partial charge < -0.3 is 9.64 Å². The van der Waals surface area contributed by atoms with Gasteiger partial charge in [0, 0.05) is 31.7 Å². The summed E-state index contributed by atoms with van der Waals surface area (Å²) >= 11 is 0. The Bertz CT molecular complexity index is 759. The van der Waals surface area contributed by atoms with Crippen molar-refractivity contribution in [1.82, 2.24) is 9.21 Å². The first-order valence-electron chi connectivity index (χ1n) is 9.73. The average molecular weight is 397 g/mol. The summed E-state index contributed by atoms with van der Waals surface area (Å²) in [7, 11) is -0.468. The quantitative estimate of drug-likeness (QED) is 0.709. The molecule has 0 N–H and O–H groups in total. The van der Waals surface area contributed by atoms with E-state index in [0.29, 0.717) is 24.6 Å². The molecule has 1 fully saturated rings. The highest BCUT2D eigenvalue weighted by molar-refractivity contribution is 7.89. The van der Waals surface area contributed by atoms with Crippen molar-refractivity contribution in [2.45, 2.75) is 57.4 Å². The van der Waals surface area contributed by atoms with Crippen LogP contribution in [-0.4, -0.2) is 56.8 Å². The molecule has 0 heterocycles. The van der Waals surface area contributed by atoms with Crippen LogP contribution in [0.4, 0.5) is 0 Å². The predicted molar refractivity (Wildman–Crippen MR) is 107 cm³/mol. The molecule has 0 saturated heterocycles. The minimum Gasteiger partial charge on any atom is -0.495 e. The van der Waals surface area contributed by atoms with Gasteiger partial charge >= 0.3 is 0 Å². The van der Waals surface area contributed by atoms with Gasteiger partial charge in [0.25, 0.3) is 5.91 Å². The van der Waals surface area contributed by atoms with Gasteiger partial charge in [-0.25, -0.2) is 8.42 Å². The molecule has 1 aromatic rings. The maximum Gasteiger partial charge on any atom is 0.253 e. The molecular weight excluding hydrogens is 364 g/mol. The second-order valence-electron chi connectivity index (χ2n) is 7.20. The lowest BCUT2D eigenvalue weighted by Gasteiger charge is -2.36. The summed E-state index contributed by atoms with van der Waals surface area (Å²) in [5, 5.41) is 0. The number of hydrogen-bond acceptors (Lipinski definition) is 4. The van der Waals surface area contributed by atoms with Gasteiger partial charge in [0.05, 0.1) is 7.11 Å². The number of amides is 1. The van der Waals surface area contributed by atoms with Gasteiger partial charge in [-0.2, -0.15) is 4.31 Å². The van der Waals surface area contributed by atoms with Crippen LogP contribution in [0.3, 0.4) is 0 Å². The van der Waals surface area contributed by atoms with Crippen LogP contribution in [0.2, 0.25) is 0 Å². The smallest absolute Gasteiger partial charge is 0.253 e. The average Bonchev–Trinajstić information content (AvgIpc) is 2.67. The van der Waals surface area contributed by atoms with E-state index in [0.717, 1.165) is 19.3 Å². The molecule has 1 aliphatic rings. The van der Waals surface area contributed by atoms with Gasteiger partial charge in [-0.1, -0.05) is 33.6 Å². The van der Waals surface area contributed by atoms with Crippen LogP contribution in [0, 0.1) is 5.92 Å². The van der Waals surface area contributed by atoms with E-state index >= 15 is 0 Å². The topological polar surface area (TPSA) is 66.9 Å². The first-order valence-corrected chi connectivity index (χ1v) is 11.2. The Balaban J connectivity index is 2.40. The van der Waals surface area contributed by atoms with E-state index in [1.54, 1.807) is 30.9 Å². The van der Waals surface area contributed by atoms with E-state index in [2.05, 4.69) is 6.92 Å². The number of carbonyl (C=O) groups excluding carboxylic acids is 1. The molecule has 2 rings (SSSR count). The lowest BCUT2D eigenvalue weighted by molar-refractivity contribution is 0.0628. The molecule has 152 valence electrons. The number of hydrogen-bond donors (Lipinski definition) is 0. The van der Waals surface area contributed by atoms with Crippen LogP contribution >= 0.6 is 0 Å². The number of carbonyl (C=O) groups is 1. The van der Waals surface area contributed by atoms with E-state index in [1.807, 2.05) is 7.05 Å². The molecule has 1 saturated carbocycles. The van der Waals surface area contributed by atoms with E-state index < -0.39 is 10.0 Å². The molecule has 27 heavy (non-hydrogen) atoms. The molecule has 1 aromatic carbocycles. The highest BCUT2D eigenvalue weighted by Crippen LogP contribution is 2.31. The summed E-state index contributed by atoms with van der Waals surface area (Å²) in [6, 6.07) is 4.86. The van der Waals surface area contributed by atoms with Crippen LogP contribution in [0.15, 0.2) is 23.1 Å². The first-order chi connectivity index (χ1) is 12.8. The van der Waals surface area contributed by atoms with Crippen molar-refractivity contribution in [3.8, 4) is 5.75 Å². The number of sulfonamides is 1. The highest BCUT2D eigenvalue weighted by atomic mass is 32.2. The molecule has 2 unspecified atom stereocenters. The van der Waals surface area contributed by atoms with Gasteiger partial charge in [-0.15, -0.1) is 0 Å². The lowest BCUT2D eigenvalue weighted by atomic mass is 9.85. The van der Waals surface area contributed by atoms with Gasteiger partial charge in [0.15, 0.2) is 0 Å². The van der Waals surface area contributed by atoms with Crippen LogP contribution < -0.4 is 4.74 Å². The summed E-state index contributed by atoms with van der Waals surface area (Å²) in [5.74, 6) is 0.560. The molecule has 0 bridgehead atoms. The van der Waals surface area contributed by atoms with Crippen molar-refractivity contribution in [2.24, 2.45) is 5.92 Å². The van der Waals surface area contributed by atoms with Crippen molar-refractivity contribution in [2.75, 3.05) is 27.2 Å². The fraction of sp³-hybridized carbons (Fsp3) is 0.650. The highest BCUT2D eigenvalue weighted by Gasteiger charge is 2.31. The van der Waals surface area contributed by atoms with Crippen LogP contribution in [0.1, 0.15) is 56.8 Å². The largest absolute Gasteiger partial charge is 0.495 e. The second-order valence-corrected chi connectivity index (χ2v) is 9.11. The van der Waals surface area contributed by atoms with Crippen LogP contribution in [0.25, 0.3) is 0 Å². The number of methoxy groups -OCH3 is 1. The van der Waals surface area contributed by atoms with Gasteiger partial charge in [0.2, 0.25) is 10.0 Å². The van der Waals surface area contributed by atoms with Crippen LogP contribution in [0.5, 0.6) is 5.75 Å². The standard InChI is InChI=1S/C20H32N2O4S/c1-6-22(7-2)27(24,25)19-14-16(12-13-18(19)26-5)20(23)21(4)17-11-9-8-10-15(17)3/h12-15,17H,6-11H2,1-5H3. The summed E-state index contributed by atoms with van der Waals surface area (Å²) < 4.78 is 32.6. The molecular formula is C20H32N2O4S. The van der Waals surface area contributed by atoms with Crippen molar-refractivity contribution in [1.29, 1.82) is 0 Å². The third-order valence-corrected chi connectivity index (χ3v) is 7.69. The fourth-order valence-electron chi connectivity index (χ4n) is 3.94. The molecule has 7 heteroatoms. The van der Waals surface area contributed by atoms with Crippen molar-refractivity contribution >= 4 is 15.9 Å². The zero-order chi connectivity index (χ0) is 20.2. The van der Waals surface area contributed by atoms with Gasteiger partial charge in [-0.3, -0.25) is 4.79 Å². The van der Waals surface area contributed by atoms with E-state index in [-0.39, 0.29) is 22.6 Å². The summed E-state index contributed by atoms with van der Waals surface area (Å²) in [5.41, 5.74) is 0.377. The van der Waals surface area contributed by atoms with Crippen molar-refractivity contribution < 1.29 is 17.9 Å². The zero-order valence-corrected chi connectivity index (χ0v) is 17.9. The SMILES string of the molecule is CCN(CC)S(=O)(=O)c1cc(C(=O)N(C)C2CCCCC2C)ccc1OC. The lowest BCUT2D eigenvalue weighted by Crippen LogP contribution is -2.42. The zero-order valence-electron chi connectivity index (χ0n) is 17.1. The first kappa shape index (κ1) is 21.7. The van der Waals surface area contributed by atoms with Crippen LogP contribution in [-0.2, 0) is 10.0 Å². The van der Waals surface area contributed by atoms with Crippen molar-refractivity contribution in [3.63, 3.8) is 0 Å². The Hall–Kier alpha value is -1.60. The number of benzene rings is 1. The Morgan fingerprint density at radius 1 is 1.19 bits per heavy atom. The van der Waals surface area contributed by atoms with Gasteiger partial charge in [0.1, 0.15) is 10.6 Å². The number of rotatable bonds is 7. The maximum atomic E-state index is 13.1. The van der Waals surface area contributed by atoms with E-state index in [1.165, 1.54) is 23.9 Å². The minimum atomic E-state index is -3.72. The molecule has 0 aromatic heterocycles. The fourth-order valence-corrected chi connectivity index (χ4v) is 5.58. The molecule has 1 aliphatic carbocycles. The summed E-state index contributed by atoms with van der Waals surface area (Å²) in [4.78, 5) is 14.9. The second kappa shape index (κ2) is 9.06. The monoisotopic (exact) mass is 396 g/mol.